The van der Waals surface area contributed by atoms with Crippen LogP contribution in [0.1, 0.15) is 0 Å². The summed E-state index contributed by atoms with van der Waals surface area (Å²) in [6.07, 6.45) is 0. The molecule has 2 aromatic carbocycles. The zero-order valence-electron chi connectivity index (χ0n) is 15.4. The summed E-state index contributed by atoms with van der Waals surface area (Å²) in [5.74, 6) is 1.28. The molecule has 0 unspecified atom stereocenters. The van der Waals surface area contributed by atoms with E-state index in [2.05, 4.69) is 20.6 Å². The van der Waals surface area contributed by atoms with Crippen molar-refractivity contribution in [3.8, 4) is 17.1 Å². The predicted octanol–water partition coefficient (Wildman–Crippen LogP) is 4.18. The number of amides is 1. The van der Waals surface area contributed by atoms with Gasteiger partial charge < -0.3 is 10.1 Å². The van der Waals surface area contributed by atoms with Crippen molar-refractivity contribution >= 4 is 40.6 Å². The van der Waals surface area contributed by atoms with E-state index in [-0.39, 0.29) is 11.7 Å². The molecule has 0 aliphatic rings. The Morgan fingerprint density at radius 1 is 1.10 bits per heavy atom. The van der Waals surface area contributed by atoms with Crippen molar-refractivity contribution in [2.75, 3.05) is 18.2 Å². The summed E-state index contributed by atoms with van der Waals surface area (Å²) in [7, 11) is 1.57. The number of nitrogens with one attached hydrogen (secondary N) is 1. The highest BCUT2D eigenvalue weighted by atomic mass is 35.5. The maximum Gasteiger partial charge on any atom is 0.234 e. The number of thioether (sulfide) groups is 1. The average molecular weight is 426 g/mol. The fourth-order valence-corrected chi connectivity index (χ4v) is 3.48. The van der Waals surface area contributed by atoms with E-state index >= 15 is 0 Å². The number of hydrogen-bond donors (Lipinski definition) is 1. The van der Waals surface area contributed by atoms with E-state index in [0.717, 1.165) is 5.56 Å². The third-order valence-electron chi connectivity index (χ3n) is 4.07. The van der Waals surface area contributed by atoms with Gasteiger partial charge in [0.2, 0.25) is 5.91 Å². The van der Waals surface area contributed by atoms with Crippen LogP contribution in [0.3, 0.4) is 0 Å². The van der Waals surface area contributed by atoms with Gasteiger partial charge in [-0.3, -0.25) is 4.79 Å². The van der Waals surface area contributed by atoms with Gasteiger partial charge in [-0.05, 0) is 48.5 Å². The fourth-order valence-electron chi connectivity index (χ4n) is 2.70. The van der Waals surface area contributed by atoms with Gasteiger partial charge in [0.25, 0.3) is 0 Å². The van der Waals surface area contributed by atoms with Gasteiger partial charge in [-0.15, -0.1) is 10.2 Å². The second-order valence-electron chi connectivity index (χ2n) is 6.01. The van der Waals surface area contributed by atoms with Crippen LogP contribution in [0.15, 0.2) is 65.7 Å². The Morgan fingerprint density at radius 2 is 1.90 bits per heavy atom. The molecule has 9 heteroatoms. The highest BCUT2D eigenvalue weighted by molar-refractivity contribution is 7.99. The first kappa shape index (κ1) is 19.2. The van der Waals surface area contributed by atoms with Crippen LogP contribution in [0.4, 0.5) is 5.69 Å². The number of rotatable bonds is 6. The lowest BCUT2D eigenvalue weighted by molar-refractivity contribution is -0.113. The van der Waals surface area contributed by atoms with Crippen molar-refractivity contribution in [1.82, 2.24) is 19.8 Å². The number of nitrogens with zero attached hydrogens (tertiary/aromatic N) is 4. The molecule has 0 aliphatic carbocycles. The van der Waals surface area contributed by atoms with Gasteiger partial charge >= 0.3 is 0 Å². The molecule has 1 N–H and O–H groups in total. The number of ether oxygens (including phenoxy) is 1. The third-order valence-corrected chi connectivity index (χ3v) is 5.24. The molecule has 0 saturated carbocycles. The molecule has 4 rings (SSSR count). The molecule has 0 saturated heterocycles. The minimum absolute atomic E-state index is 0.150. The topological polar surface area (TPSA) is 81.4 Å². The predicted molar refractivity (Wildman–Crippen MR) is 114 cm³/mol. The molecule has 0 aliphatic heterocycles. The van der Waals surface area contributed by atoms with Gasteiger partial charge in [0.15, 0.2) is 11.5 Å². The molecule has 0 atom stereocenters. The van der Waals surface area contributed by atoms with Gasteiger partial charge in [-0.25, -0.2) is 0 Å². The molecule has 7 nitrogen and oxygen atoms in total. The summed E-state index contributed by atoms with van der Waals surface area (Å²) in [4.78, 5) is 12.3. The van der Waals surface area contributed by atoms with Crippen LogP contribution in [0.2, 0.25) is 5.02 Å². The van der Waals surface area contributed by atoms with Crippen LogP contribution in [-0.2, 0) is 4.79 Å². The van der Waals surface area contributed by atoms with Crippen LogP contribution in [-0.4, -0.2) is 38.6 Å². The number of halogens is 1. The zero-order chi connectivity index (χ0) is 20.2. The first-order valence-electron chi connectivity index (χ1n) is 8.68. The summed E-state index contributed by atoms with van der Waals surface area (Å²) in [5.41, 5.74) is 2.11. The Balaban J connectivity index is 1.49. The lowest BCUT2D eigenvalue weighted by Gasteiger charge is -2.09. The first-order chi connectivity index (χ1) is 14.1. The van der Waals surface area contributed by atoms with Crippen LogP contribution in [0.25, 0.3) is 17.0 Å². The lowest BCUT2D eigenvalue weighted by atomic mass is 10.2. The summed E-state index contributed by atoms with van der Waals surface area (Å²) in [5, 5.41) is 17.1. The number of hydrogen-bond acceptors (Lipinski definition) is 6. The smallest absolute Gasteiger partial charge is 0.234 e. The molecular weight excluding hydrogens is 410 g/mol. The number of fused-ring (bicyclic) bond motifs is 1. The van der Waals surface area contributed by atoms with Crippen molar-refractivity contribution in [2.24, 2.45) is 0 Å². The molecule has 1 amide bonds. The monoisotopic (exact) mass is 425 g/mol. The molecule has 2 heterocycles. The molecule has 146 valence electrons. The Kier molecular flexibility index (Phi) is 5.64. The summed E-state index contributed by atoms with van der Waals surface area (Å²) in [6.45, 7) is 0. The SMILES string of the molecule is COc1ccccc1NC(=O)CSc1ccc2nnc(-c3ccc(Cl)cc3)n2n1. The van der Waals surface area contributed by atoms with Crippen molar-refractivity contribution < 1.29 is 9.53 Å². The largest absolute Gasteiger partial charge is 0.495 e. The maximum atomic E-state index is 12.3. The van der Waals surface area contributed by atoms with E-state index in [9.17, 15) is 4.79 Å². The Bertz CT molecular complexity index is 1160. The average Bonchev–Trinajstić information content (AvgIpc) is 3.16. The number of anilines is 1. The van der Waals surface area contributed by atoms with E-state index in [4.69, 9.17) is 16.3 Å². The van der Waals surface area contributed by atoms with Gasteiger partial charge in [-0.2, -0.15) is 9.61 Å². The molecular formula is C20H16ClN5O2S. The van der Waals surface area contributed by atoms with E-state index < -0.39 is 0 Å². The number of carbonyl (C=O) groups is 1. The van der Waals surface area contributed by atoms with Crippen molar-refractivity contribution in [3.05, 3.63) is 65.7 Å². The third kappa shape index (κ3) is 4.33. The second-order valence-corrected chi connectivity index (χ2v) is 7.44. The van der Waals surface area contributed by atoms with Gasteiger partial charge in [0.05, 0.1) is 18.6 Å². The molecule has 0 bridgehead atoms. The molecule has 2 aromatic heterocycles. The minimum Gasteiger partial charge on any atom is -0.495 e. The van der Waals surface area contributed by atoms with Crippen LogP contribution in [0, 0.1) is 0 Å². The number of benzene rings is 2. The summed E-state index contributed by atoms with van der Waals surface area (Å²) < 4.78 is 6.91. The normalized spacial score (nSPS) is 10.8. The van der Waals surface area contributed by atoms with Crippen LogP contribution in [0.5, 0.6) is 5.75 Å². The van der Waals surface area contributed by atoms with E-state index in [1.807, 2.05) is 36.4 Å². The van der Waals surface area contributed by atoms with E-state index in [0.29, 0.717) is 33.0 Å². The highest BCUT2D eigenvalue weighted by Crippen LogP contribution is 2.25. The van der Waals surface area contributed by atoms with Gasteiger partial charge in [0.1, 0.15) is 10.8 Å². The summed E-state index contributed by atoms with van der Waals surface area (Å²) >= 11 is 7.28. The lowest BCUT2D eigenvalue weighted by Crippen LogP contribution is -2.14. The van der Waals surface area contributed by atoms with E-state index in [1.165, 1.54) is 11.8 Å². The van der Waals surface area contributed by atoms with Crippen molar-refractivity contribution in [1.29, 1.82) is 0 Å². The quantitative estimate of drug-likeness (QED) is 0.466. The summed E-state index contributed by atoms with van der Waals surface area (Å²) in [6, 6.07) is 18.2. The highest BCUT2D eigenvalue weighted by Gasteiger charge is 2.12. The molecule has 0 spiro atoms. The van der Waals surface area contributed by atoms with Crippen molar-refractivity contribution in [3.63, 3.8) is 0 Å². The molecule has 29 heavy (non-hydrogen) atoms. The standard InChI is InChI=1S/C20H16ClN5O2S/c1-28-16-5-3-2-4-15(16)22-18(27)12-29-19-11-10-17-23-24-20(26(17)25-19)13-6-8-14(21)9-7-13/h2-11H,12H2,1H3,(H,22,27). The second kappa shape index (κ2) is 8.50. The van der Waals surface area contributed by atoms with Gasteiger partial charge in [0, 0.05) is 10.6 Å². The Morgan fingerprint density at radius 3 is 2.69 bits per heavy atom. The molecule has 0 radical (unpaired) electrons. The first-order valence-corrected chi connectivity index (χ1v) is 10.0. The minimum atomic E-state index is -0.150. The number of carbonyl (C=O) groups excluding carboxylic acids is 1. The Labute approximate surface area is 176 Å². The molecule has 4 aromatic rings. The zero-order valence-corrected chi connectivity index (χ0v) is 16.9. The van der Waals surface area contributed by atoms with Crippen molar-refractivity contribution in [2.45, 2.75) is 5.03 Å². The van der Waals surface area contributed by atoms with Crippen LogP contribution < -0.4 is 10.1 Å². The maximum absolute atomic E-state index is 12.3. The fraction of sp³-hybridized carbons (Fsp3) is 0.100. The van der Waals surface area contributed by atoms with Gasteiger partial charge in [-0.1, -0.05) is 35.5 Å². The molecule has 0 fully saturated rings. The van der Waals surface area contributed by atoms with Crippen LogP contribution >= 0.6 is 23.4 Å². The van der Waals surface area contributed by atoms with E-state index in [1.54, 1.807) is 35.9 Å². The number of methoxy groups -OCH3 is 1. The number of aromatic nitrogens is 4. The Hall–Kier alpha value is -3.10. The number of para-hydroxylation sites is 2.